The minimum Gasteiger partial charge on any atom is -0.354 e. The number of aromatic amines is 1. The van der Waals surface area contributed by atoms with Crippen LogP contribution in [0.4, 0.5) is 0 Å². The predicted octanol–water partition coefficient (Wildman–Crippen LogP) is 5.86. The molecule has 0 radical (unpaired) electrons. The summed E-state index contributed by atoms with van der Waals surface area (Å²) in [5.74, 6) is 1.10. The van der Waals surface area contributed by atoms with Gasteiger partial charge < -0.3 is 10.3 Å². The second-order valence-electron chi connectivity index (χ2n) is 9.57. The van der Waals surface area contributed by atoms with Gasteiger partial charge in [-0.05, 0) is 92.8 Å². The zero-order valence-electron chi connectivity index (χ0n) is 19.3. The summed E-state index contributed by atoms with van der Waals surface area (Å²) in [5, 5.41) is 13.2. The number of aromatic nitrogens is 4. The van der Waals surface area contributed by atoms with E-state index in [1.165, 1.54) is 70.1 Å². The van der Waals surface area contributed by atoms with Crippen molar-refractivity contribution in [2.45, 2.75) is 71.3 Å². The highest BCUT2D eigenvalue weighted by Gasteiger charge is 2.24. The van der Waals surface area contributed by atoms with Crippen LogP contribution in [0, 0.1) is 13.8 Å². The molecule has 162 valence electrons. The van der Waals surface area contributed by atoms with Crippen molar-refractivity contribution in [3.63, 3.8) is 0 Å². The average Bonchev–Trinajstić information content (AvgIpc) is 3.40. The van der Waals surface area contributed by atoms with Gasteiger partial charge >= 0.3 is 0 Å². The van der Waals surface area contributed by atoms with E-state index in [0.29, 0.717) is 17.9 Å². The highest BCUT2D eigenvalue weighted by molar-refractivity contribution is 5.92. The second kappa shape index (κ2) is 7.79. The van der Waals surface area contributed by atoms with Crippen molar-refractivity contribution in [3.8, 4) is 11.3 Å². The molecular weight excluding hydrogens is 382 g/mol. The number of rotatable bonds is 4. The molecule has 1 aromatic carbocycles. The lowest BCUT2D eigenvalue weighted by atomic mass is 9.81. The second-order valence-corrected chi connectivity index (χ2v) is 9.57. The van der Waals surface area contributed by atoms with Crippen molar-refractivity contribution >= 4 is 16.6 Å². The number of fused-ring (bicyclic) bond motifs is 2. The quantitative estimate of drug-likeness (QED) is 0.439. The zero-order chi connectivity index (χ0) is 21.7. The molecule has 0 bridgehead atoms. The minimum atomic E-state index is 0.426. The van der Waals surface area contributed by atoms with Crippen molar-refractivity contribution in [1.82, 2.24) is 24.9 Å². The van der Waals surface area contributed by atoms with E-state index in [9.17, 15) is 0 Å². The van der Waals surface area contributed by atoms with E-state index in [2.05, 4.69) is 79.6 Å². The zero-order valence-corrected chi connectivity index (χ0v) is 19.3. The molecule has 4 aromatic rings. The highest BCUT2D eigenvalue weighted by atomic mass is 15.2. The van der Waals surface area contributed by atoms with Crippen molar-refractivity contribution in [2.75, 3.05) is 7.05 Å². The molecule has 0 unspecified atom stereocenters. The van der Waals surface area contributed by atoms with Crippen LogP contribution in [0.5, 0.6) is 0 Å². The molecule has 3 aromatic heterocycles. The largest absolute Gasteiger partial charge is 0.354 e. The molecule has 1 aliphatic rings. The standard InChI is InChI=1S/C26H33N5/c1-15(2)24-21-12-19(18-6-9-20(27-5)10-7-18)8-11-23(21)29-25(24)22-13-31-14-28-30-26(31)17(4)16(22)3/h8,11-15,18,20,27,29H,6-7,9-10H2,1-5H3. The maximum Gasteiger partial charge on any atom is 0.163 e. The number of nitrogens with zero attached hydrogens (tertiary/aromatic N) is 3. The summed E-state index contributed by atoms with van der Waals surface area (Å²) in [6.07, 6.45) is 9.05. The van der Waals surface area contributed by atoms with Crippen LogP contribution in [-0.4, -0.2) is 32.7 Å². The van der Waals surface area contributed by atoms with Crippen LogP contribution in [0.25, 0.3) is 27.8 Å². The number of H-pyrrole nitrogens is 1. The molecule has 0 saturated heterocycles. The molecule has 1 saturated carbocycles. The Balaban J connectivity index is 1.63. The molecule has 0 atom stereocenters. The fraction of sp³-hybridized carbons (Fsp3) is 0.462. The third kappa shape index (κ3) is 3.35. The maximum absolute atomic E-state index is 4.29. The molecule has 3 heterocycles. The number of nitrogens with one attached hydrogen (secondary N) is 2. The Hall–Kier alpha value is -2.66. The van der Waals surface area contributed by atoms with Gasteiger partial charge in [-0.15, -0.1) is 10.2 Å². The Morgan fingerprint density at radius 3 is 2.58 bits per heavy atom. The molecule has 5 rings (SSSR count). The smallest absolute Gasteiger partial charge is 0.163 e. The van der Waals surface area contributed by atoms with Crippen LogP contribution in [-0.2, 0) is 0 Å². The highest BCUT2D eigenvalue weighted by Crippen LogP contribution is 2.40. The van der Waals surface area contributed by atoms with Crippen molar-refractivity contribution in [1.29, 1.82) is 0 Å². The van der Waals surface area contributed by atoms with Gasteiger partial charge in [0.1, 0.15) is 6.33 Å². The maximum atomic E-state index is 4.29. The SMILES string of the molecule is CNC1CCC(c2ccc3[nH]c(-c4cn5cnnc5c(C)c4C)c(C(C)C)c3c2)CC1. The molecule has 0 amide bonds. The predicted molar refractivity (Wildman–Crippen MR) is 128 cm³/mol. The Labute approximate surface area is 184 Å². The van der Waals surface area contributed by atoms with Gasteiger partial charge in [0.2, 0.25) is 0 Å². The van der Waals surface area contributed by atoms with E-state index < -0.39 is 0 Å². The number of hydrogen-bond acceptors (Lipinski definition) is 3. The first-order chi connectivity index (χ1) is 15.0. The van der Waals surface area contributed by atoms with Crippen LogP contribution in [0.1, 0.15) is 73.6 Å². The van der Waals surface area contributed by atoms with E-state index in [1.54, 1.807) is 6.33 Å². The topological polar surface area (TPSA) is 58.0 Å². The normalized spacial score (nSPS) is 19.7. The van der Waals surface area contributed by atoms with Crippen molar-refractivity contribution in [2.24, 2.45) is 0 Å². The average molecular weight is 416 g/mol. The van der Waals surface area contributed by atoms with E-state index in [1.807, 2.05) is 4.40 Å². The first-order valence-electron chi connectivity index (χ1n) is 11.6. The Morgan fingerprint density at radius 2 is 1.87 bits per heavy atom. The molecule has 1 fully saturated rings. The number of aryl methyl sites for hydroxylation is 1. The van der Waals surface area contributed by atoms with Gasteiger partial charge in [-0.2, -0.15) is 0 Å². The van der Waals surface area contributed by atoms with Gasteiger partial charge in [-0.1, -0.05) is 19.9 Å². The summed E-state index contributed by atoms with van der Waals surface area (Å²) in [6.45, 7) is 8.94. The van der Waals surface area contributed by atoms with Gasteiger partial charge in [-0.3, -0.25) is 4.40 Å². The first kappa shape index (κ1) is 20.3. The third-order valence-electron chi connectivity index (χ3n) is 7.46. The summed E-state index contributed by atoms with van der Waals surface area (Å²) in [6, 6.07) is 7.79. The van der Waals surface area contributed by atoms with E-state index in [-0.39, 0.29) is 0 Å². The lowest BCUT2D eigenvalue weighted by Gasteiger charge is -2.28. The fourth-order valence-corrected chi connectivity index (χ4v) is 5.48. The minimum absolute atomic E-state index is 0.426. The lowest BCUT2D eigenvalue weighted by molar-refractivity contribution is 0.359. The summed E-state index contributed by atoms with van der Waals surface area (Å²) in [5.41, 5.74) is 9.99. The van der Waals surface area contributed by atoms with Gasteiger partial charge in [0.15, 0.2) is 5.65 Å². The lowest BCUT2D eigenvalue weighted by Crippen LogP contribution is -2.29. The van der Waals surface area contributed by atoms with Gasteiger partial charge in [0.05, 0.1) is 5.69 Å². The van der Waals surface area contributed by atoms with Crippen LogP contribution < -0.4 is 5.32 Å². The van der Waals surface area contributed by atoms with E-state index in [4.69, 9.17) is 0 Å². The van der Waals surface area contributed by atoms with Gasteiger partial charge in [0, 0.05) is 28.7 Å². The van der Waals surface area contributed by atoms with Gasteiger partial charge in [0.25, 0.3) is 0 Å². The number of benzene rings is 1. The van der Waals surface area contributed by atoms with Gasteiger partial charge in [-0.25, -0.2) is 0 Å². The van der Waals surface area contributed by atoms with Crippen molar-refractivity contribution in [3.05, 3.63) is 53.0 Å². The third-order valence-corrected chi connectivity index (χ3v) is 7.46. The van der Waals surface area contributed by atoms with Crippen molar-refractivity contribution < 1.29 is 0 Å². The van der Waals surface area contributed by atoms with Crippen LogP contribution in [0.15, 0.2) is 30.7 Å². The molecule has 2 N–H and O–H groups in total. The molecule has 5 nitrogen and oxygen atoms in total. The number of pyridine rings is 1. The molecule has 1 aliphatic carbocycles. The Morgan fingerprint density at radius 1 is 1.10 bits per heavy atom. The van der Waals surface area contributed by atoms with Crippen LogP contribution in [0.2, 0.25) is 0 Å². The Bertz CT molecular complexity index is 1240. The molecule has 31 heavy (non-hydrogen) atoms. The molecular formula is C26H33N5. The summed E-state index contributed by atoms with van der Waals surface area (Å²) in [4.78, 5) is 3.77. The van der Waals surface area contributed by atoms with Crippen LogP contribution >= 0.6 is 0 Å². The van der Waals surface area contributed by atoms with E-state index in [0.717, 1.165) is 5.65 Å². The first-order valence-corrected chi connectivity index (χ1v) is 11.6. The summed E-state index contributed by atoms with van der Waals surface area (Å²) < 4.78 is 2.04. The van der Waals surface area contributed by atoms with Crippen LogP contribution in [0.3, 0.4) is 0 Å². The summed E-state index contributed by atoms with van der Waals surface area (Å²) >= 11 is 0. The molecule has 0 aliphatic heterocycles. The molecule has 0 spiro atoms. The molecule has 5 heteroatoms. The monoisotopic (exact) mass is 415 g/mol. The summed E-state index contributed by atoms with van der Waals surface area (Å²) in [7, 11) is 2.09. The van der Waals surface area contributed by atoms with E-state index >= 15 is 0 Å². The fourth-order valence-electron chi connectivity index (χ4n) is 5.48. The number of hydrogen-bond donors (Lipinski definition) is 2. The Kier molecular flexibility index (Phi) is 5.09.